The molecule has 7 heteroatoms. The van der Waals surface area contributed by atoms with Crippen molar-refractivity contribution in [2.24, 2.45) is 5.92 Å². The monoisotopic (exact) mass is 355 g/mol. The number of hydrogen-bond acceptors (Lipinski definition) is 4. The molecule has 22 heavy (non-hydrogen) atoms. The van der Waals surface area contributed by atoms with E-state index in [1.165, 1.54) is 6.54 Å². The molecule has 2 N–H and O–H groups in total. The van der Waals surface area contributed by atoms with Crippen molar-refractivity contribution < 1.29 is 9.53 Å². The minimum Gasteiger partial charge on any atom is -0.378 e. The smallest absolute Gasteiger partial charge is 0.221 e. The Bertz CT molecular complexity index is 305. The number of rotatable bonds is 5. The zero-order chi connectivity index (χ0) is 14.4. The van der Waals surface area contributed by atoms with Crippen molar-refractivity contribution in [2.75, 3.05) is 39.4 Å². The number of ether oxygens (including phenoxy) is 1. The van der Waals surface area contributed by atoms with Gasteiger partial charge in [0, 0.05) is 44.7 Å². The van der Waals surface area contributed by atoms with E-state index in [9.17, 15) is 4.79 Å². The Morgan fingerprint density at radius 2 is 2.00 bits per heavy atom. The topological polar surface area (TPSA) is 53.6 Å². The van der Waals surface area contributed by atoms with Crippen LogP contribution >= 0.6 is 24.8 Å². The summed E-state index contributed by atoms with van der Waals surface area (Å²) in [5.41, 5.74) is 0. The molecule has 0 radical (unpaired) electrons. The van der Waals surface area contributed by atoms with E-state index in [4.69, 9.17) is 4.74 Å². The van der Waals surface area contributed by atoms with Crippen LogP contribution in [0.3, 0.4) is 0 Å². The molecule has 1 unspecified atom stereocenters. The van der Waals surface area contributed by atoms with Crippen LogP contribution in [0.5, 0.6) is 0 Å². The second kappa shape index (κ2) is 11.5. The Balaban J connectivity index is 0.00000220. The van der Waals surface area contributed by atoms with Gasteiger partial charge in [-0.1, -0.05) is 13.8 Å². The number of nitrogens with zero attached hydrogens (tertiary/aromatic N) is 1. The van der Waals surface area contributed by atoms with Crippen LogP contribution in [0, 0.1) is 5.92 Å². The molecule has 2 fully saturated rings. The van der Waals surface area contributed by atoms with Crippen LogP contribution in [0.25, 0.3) is 0 Å². The Morgan fingerprint density at radius 3 is 2.55 bits per heavy atom. The summed E-state index contributed by atoms with van der Waals surface area (Å²) in [5, 5.41) is 6.50. The van der Waals surface area contributed by atoms with Crippen LogP contribution in [0.1, 0.15) is 33.1 Å². The van der Waals surface area contributed by atoms with Crippen LogP contribution in [0.2, 0.25) is 0 Å². The molecule has 0 saturated carbocycles. The number of likely N-dealkylation sites (tertiary alicyclic amines) is 1. The van der Waals surface area contributed by atoms with Crippen molar-refractivity contribution >= 4 is 30.7 Å². The van der Waals surface area contributed by atoms with E-state index in [-0.39, 0.29) is 36.8 Å². The average Bonchev–Trinajstić information content (AvgIpc) is 2.41. The highest BCUT2D eigenvalue weighted by atomic mass is 35.5. The third-order valence-corrected chi connectivity index (χ3v) is 4.01. The Hall–Kier alpha value is -0.0700. The summed E-state index contributed by atoms with van der Waals surface area (Å²) in [6.45, 7) is 10.2. The minimum absolute atomic E-state index is 0. The molecule has 1 atom stereocenters. The largest absolute Gasteiger partial charge is 0.378 e. The Kier molecular flexibility index (Phi) is 11.4. The molecule has 5 nitrogen and oxygen atoms in total. The highest BCUT2D eigenvalue weighted by Gasteiger charge is 2.23. The molecule has 2 heterocycles. The third-order valence-electron chi connectivity index (χ3n) is 4.01. The first kappa shape index (κ1) is 21.9. The number of amides is 1. The lowest BCUT2D eigenvalue weighted by Gasteiger charge is -2.33. The molecule has 2 aliphatic rings. The van der Waals surface area contributed by atoms with Gasteiger partial charge in [0.05, 0.1) is 13.2 Å². The lowest BCUT2D eigenvalue weighted by molar-refractivity contribution is -0.123. The fraction of sp³-hybridized carbons (Fsp3) is 0.933. The summed E-state index contributed by atoms with van der Waals surface area (Å²) in [5.74, 6) is 0.883. The zero-order valence-electron chi connectivity index (χ0n) is 13.7. The summed E-state index contributed by atoms with van der Waals surface area (Å²) in [6.07, 6.45) is 2.69. The number of carbonyl (C=O) groups excluding carboxylic acids is 1. The number of hydrogen-bond donors (Lipinski definition) is 2. The highest BCUT2D eigenvalue weighted by molar-refractivity contribution is 5.85. The molecule has 2 rings (SSSR count). The van der Waals surface area contributed by atoms with Crippen molar-refractivity contribution in [1.82, 2.24) is 15.5 Å². The summed E-state index contributed by atoms with van der Waals surface area (Å²) in [4.78, 5) is 14.5. The standard InChI is InChI=1S/C15H29N3O2.2ClH/c1-12(2)10-18-6-3-13(4-7-18)17-15(19)9-14-11-20-8-5-16-14;;/h12-14,16H,3-11H2,1-2H3,(H,17,19);2*1H. The predicted molar refractivity (Wildman–Crippen MR) is 94.2 cm³/mol. The molecule has 2 saturated heterocycles. The van der Waals surface area contributed by atoms with Gasteiger partial charge >= 0.3 is 0 Å². The van der Waals surface area contributed by atoms with Gasteiger partial charge < -0.3 is 20.3 Å². The summed E-state index contributed by atoms with van der Waals surface area (Å²) in [6, 6.07) is 0.542. The molecular formula is C15H31Cl2N3O2. The number of halogens is 2. The number of piperidine rings is 1. The number of nitrogens with one attached hydrogen (secondary N) is 2. The molecule has 0 aliphatic carbocycles. The summed E-state index contributed by atoms with van der Waals surface area (Å²) < 4.78 is 5.37. The number of carbonyl (C=O) groups is 1. The van der Waals surface area contributed by atoms with E-state index in [1.54, 1.807) is 0 Å². The van der Waals surface area contributed by atoms with Crippen molar-refractivity contribution in [1.29, 1.82) is 0 Å². The zero-order valence-corrected chi connectivity index (χ0v) is 15.3. The first-order chi connectivity index (χ1) is 9.63. The lowest BCUT2D eigenvalue weighted by atomic mass is 10.0. The average molecular weight is 356 g/mol. The van der Waals surface area contributed by atoms with Gasteiger partial charge in [0.15, 0.2) is 0 Å². The molecule has 0 bridgehead atoms. The van der Waals surface area contributed by atoms with Gasteiger partial charge in [-0.25, -0.2) is 0 Å². The van der Waals surface area contributed by atoms with Gasteiger partial charge in [-0.2, -0.15) is 0 Å². The Morgan fingerprint density at radius 1 is 1.32 bits per heavy atom. The first-order valence-electron chi connectivity index (χ1n) is 7.96. The van der Waals surface area contributed by atoms with Crippen LogP contribution in [0.15, 0.2) is 0 Å². The molecule has 0 aromatic heterocycles. The first-order valence-corrected chi connectivity index (χ1v) is 7.96. The molecule has 132 valence electrons. The second-order valence-electron chi connectivity index (χ2n) is 6.47. The molecular weight excluding hydrogens is 325 g/mol. The van der Waals surface area contributed by atoms with Crippen LogP contribution in [-0.2, 0) is 9.53 Å². The molecule has 0 aromatic carbocycles. The van der Waals surface area contributed by atoms with Gasteiger partial charge in [0.25, 0.3) is 0 Å². The fourth-order valence-corrected chi connectivity index (χ4v) is 3.04. The van der Waals surface area contributed by atoms with Gasteiger partial charge in [0.1, 0.15) is 0 Å². The minimum atomic E-state index is 0. The van der Waals surface area contributed by atoms with Crippen molar-refractivity contribution in [3.8, 4) is 0 Å². The summed E-state index contributed by atoms with van der Waals surface area (Å²) >= 11 is 0. The van der Waals surface area contributed by atoms with Crippen molar-refractivity contribution in [3.05, 3.63) is 0 Å². The SMILES string of the molecule is CC(C)CN1CCC(NC(=O)CC2COCCN2)CC1.Cl.Cl. The lowest BCUT2D eigenvalue weighted by Crippen LogP contribution is -2.48. The normalized spacial score (nSPS) is 23.5. The fourth-order valence-electron chi connectivity index (χ4n) is 3.04. The highest BCUT2D eigenvalue weighted by Crippen LogP contribution is 2.12. The maximum absolute atomic E-state index is 12.0. The van der Waals surface area contributed by atoms with E-state index in [0.717, 1.165) is 45.0 Å². The maximum atomic E-state index is 12.0. The summed E-state index contributed by atoms with van der Waals surface area (Å²) in [7, 11) is 0. The second-order valence-corrected chi connectivity index (χ2v) is 6.47. The van der Waals surface area contributed by atoms with Crippen LogP contribution < -0.4 is 10.6 Å². The van der Waals surface area contributed by atoms with Crippen molar-refractivity contribution in [3.63, 3.8) is 0 Å². The molecule has 0 spiro atoms. The van der Waals surface area contributed by atoms with Crippen molar-refractivity contribution in [2.45, 2.75) is 45.2 Å². The quantitative estimate of drug-likeness (QED) is 0.783. The van der Waals surface area contributed by atoms with Gasteiger partial charge in [-0.3, -0.25) is 4.79 Å². The molecule has 1 amide bonds. The Labute approximate surface area is 146 Å². The third kappa shape index (κ3) is 7.97. The van der Waals surface area contributed by atoms with E-state index in [1.807, 2.05) is 0 Å². The van der Waals surface area contributed by atoms with E-state index >= 15 is 0 Å². The van der Waals surface area contributed by atoms with Gasteiger partial charge in [0.2, 0.25) is 5.91 Å². The van der Waals surface area contributed by atoms with Gasteiger partial charge in [-0.15, -0.1) is 24.8 Å². The van der Waals surface area contributed by atoms with E-state index in [0.29, 0.717) is 19.1 Å². The van der Waals surface area contributed by atoms with Crippen LogP contribution in [0.4, 0.5) is 0 Å². The maximum Gasteiger partial charge on any atom is 0.221 e. The number of morpholine rings is 1. The predicted octanol–water partition coefficient (Wildman–Crippen LogP) is 1.45. The van der Waals surface area contributed by atoms with Gasteiger partial charge in [-0.05, 0) is 18.8 Å². The van der Waals surface area contributed by atoms with E-state index in [2.05, 4.69) is 29.4 Å². The molecule has 2 aliphatic heterocycles. The molecule has 0 aromatic rings. The van der Waals surface area contributed by atoms with E-state index < -0.39 is 0 Å². The van der Waals surface area contributed by atoms with Crippen LogP contribution in [-0.4, -0.2) is 62.3 Å².